The quantitative estimate of drug-likeness (QED) is 0.578. The molecule has 2 aromatic rings. The molecule has 0 spiro atoms. The molecule has 1 unspecified atom stereocenters. The van der Waals surface area contributed by atoms with Crippen LogP contribution in [0.1, 0.15) is 42.9 Å². The number of amides is 1. The van der Waals surface area contributed by atoms with Gasteiger partial charge in [-0.2, -0.15) is 0 Å². The second-order valence-electron chi connectivity index (χ2n) is 5.16. The van der Waals surface area contributed by atoms with Crippen molar-refractivity contribution in [1.82, 2.24) is 5.32 Å². The minimum Gasteiger partial charge on any atom is -0.490 e. The van der Waals surface area contributed by atoms with E-state index >= 15 is 0 Å². The molecule has 8 heteroatoms. The summed E-state index contributed by atoms with van der Waals surface area (Å²) in [4.78, 5) is 22.1. The maximum absolute atomic E-state index is 12.2. The normalized spacial score (nSPS) is 11.6. The summed E-state index contributed by atoms with van der Waals surface area (Å²) < 4.78 is 16.0. The third-order valence-electron chi connectivity index (χ3n) is 3.41. The topological polar surface area (TPSA) is 104 Å². The Balaban J connectivity index is 2.13. The lowest BCUT2D eigenvalue weighted by Crippen LogP contribution is -2.26. The summed E-state index contributed by atoms with van der Waals surface area (Å²) in [5.74, 6) is 0.101. The molecule has 0 saturated carbocycles. The van der Waals surface area contributed by atoms with E-state index in [1.807, 2.05) is 19.9 Å². The van der Waals surface area contributed by atoms with Crippen LogP contribution in [-0.2, 0) is 0 Å². The van der Waals surface area contributed by atoms with Crippen molar-refractivity contribution in [3.05, 3.63) is 51.8 Å². The number of furan rings is 1. The van der Waals surface area contributed by atoms with Gasteiger partial charge in [-0.15, -0.1) is 0 Å². The second kappa shape index (κ2) is 8.18. The third kappa shape index (κ3) is 4.50. The van der Waals surface area contributed by atoms with Gasteiger partial charge in [0.1, 0.15) is 4.92 Å². The van der Waals surface area contributed by atoms with Crippen molar-refractivity contribution < 1.29 is 23.6 Å². The van der Waals surface area contributed by atoms with E-state index in [0.29, 0.717) is 24.7 Å². The van der Waals surface area contributed by atoms with Gasteiger partial charge in [-0.3, -0.25) is 14.9 Å². The zero-order chi connectivity index (χ0) is 18.4. The summed E-state index contributed by atoms with van der Waals surface area (Å²) in [6.45, 7) is 6.55. The van der Waals surface area contributed by atoms with Crippen molar-refractivity contribution >= 4 is 11.8 Å². The van der Waals surface area contributed by atoms with E-state index in [2.05, 4.69) is 5.32 Å². The SMILES string of the molecule is CCOc1ccc(C(C)NC(=O)c2ccc([N+](=O)[O-])o2)cc1OCC. The van der Waals surface area contributed by atoms with Crippen LogP contribution in [-0.4, -0.2) is 24.0 Å². The number of rotatable bonds is 8. The largest absolute Gasteiger partial charge is 0.490 e. The second-order valence-corrected chi connectivity index (χ2v) is 5.16. The van der Waals surface area contributed by atoms with Gasteiger partial charge >= 0.3 is 5.88 Å². The van der Waals surface area contributed by atoms with Crippen LogP contribution in [0.4, 0.5) is 5.88 Å². The van der Waals surface area contributed by atoms with E-state index in [1.165, 1.54) is 6.07 Å². The van der Waals surface area contributed by atoms with Crippen LogP contribution in [0.15, 0.2) is 34.7 Å². The molecule has 0 aliphatic heterocycles. The van der Waals surface area contributed by atoms with E-state index in [-0.39, 0.29) is 11.8 Å². The van der Waals surface area contributed by atoms with Crippen LogP contribution in [0.2, 0.25) is 0 Å². The summed E-state index contributed by atoms with van der Waals surface area (Å²) in [5.41, 5.74) is 0.807. The van der Waals surface area contributed by atoms with Gasteiger partial charge in [-0.05, 0) is 44.5 Å². The number of carbonyl (C=O) groups is 1. The van der Waals surface area contributed by atoms with Gasteiger partial charge in [0.15, 0.2) is 17.3 Å². The van der Waals surface area contributed by atoms with E-state index in [4.69, 9.17) is 13.9 Å². The summed E-state index contributed by atoms with van der Waals surface area (Å²) in [6, 6.07) is 7.46. The number of nitrogens with zero attached hydrogens (tertiary/aromatic N) is 1. The van der Waals surface area contributed by atoms with Crippen molar-refractivity contribution in [3.63, 3.8) is 0 Å². The fourth-order valence-electron chi connectivity index (χ4n) is 2.24. The molecule has 134 valence electrons. The molecule has 0 bridgehead atoms. The van der Waals surface area contributed by atoms with E-state index in [1.54, 1.807) is 19.1 Å². The van der Waals surface area contributed by atoms with Gasteiger partial charge in [-0.1, -0.05) is 6.07 Å². The molecule has 8 nitrogen and oxygen atoms in total. The Labute approximate surface area is 144 Å². The first-order valence-corrected chi connectivity index (χ1v) is 7.90. The lowest BCUT2D eigenvalue weighted by atomic mass is 10.1. The van der Waals surface area contributed by atoms with E-state index in [9.17, 15) is 14.9 Å². The molecule has 0 aliphatic rings. The Kier molecular flexibility index (Phi) is 5.99. The first-order valence-electron chi connectivity index (χ1n) is 7.90. The Hall–Kier alpha value is -3.03. The predicted molar refractivity (Wildman–Crippen MR) is 90.0 cm³/mol. The average Bonchev–Trinajstić information content (AvgIpc) is 3.07. The molecule has 0 fully saturated rings. The smallest absolute Gasteiger partial charge is 0.433 e. The lowest BCUT2D eigenvalue weighted by molar-refractivity contribution is -0.402. The molecule has 25 heavy (non-hydrogen) atoms. The van der Waals surface area contributed by atoms with Crippen molar-refractivity contribution in [2.24, 2.45) is 0 Å². The molecular formula is C17H20N2O6. The molecule has 1 aromatic heterocycles. The fourth-order valence-corrected chi connectivity index (χ4v) is 2.24. The van der Waals surface area contributed by atoms with E-state index in [0.717, 1.165) is 11.6 Å². The number of ether oxygens (including phenoxy) is 2. The van der Waals surface area contributed by atoms with Crippen molar-refractivity contribution in [2.45, 2.75) is 26.8 Å². The third-order valence-corrected chi connectivity index (χ3v) is 3.41. The Bertz CT molecular complexity index is 755. The van der Waals surface area contributed by atoms with Crippen LogP contribution >= 0.6 is 0 Å². The highest BCUT2D eigenvalue weighted by Gasteiger charge is 2.20. The van der Waals surface area contributed by atoms with Gasteiger partial charge in [0.2, 0.25) is 0 Å². The van der Waals surface area contributed by atoms with Crippen LogP contribution in [0.5, 0.6) is 11.5 Å². The Morgan fingerprint density at radius 2 is 1.88 bits per heavy atom. The van der Waals surface area contributed by atoms with Gasteiger partial charge in [0.05, 0.1) is 25.3 Å². The molecule has 1 heterocycles. The number of nitro groups is 1. The van der Waals surface area contributed by atoms with Crippen LogP contribution in [0.25, 0.3) is 0 Å². The van der Waals surface area contributed by atoms with Gasteiger partial charge in [-0.25, -0.2) is 0 Å². The minimum atomic E-state index is -0.693. The number of benzene rings is 1. The number of carbonyl (C=O) groups excluding carboxylic acids is 1. The molecule has 1 amide bonds. The number of hydrogen-bond donors (Lipinski definition) is 1. The molecule has 0 radical (unpaired) electrons. The zero-order valence-corrected chi connectivity index (χ0v) is 14.3. The molecular weight excluding hydrogens is 328 g/mol. The molecule has 1 aromatic carbocycles. The molecule has 2 rings (SSSR count). The highest BCUT2D eigenvalue weighted by Crippen LogP contribution is 2.31. The number of hydrogen-bond acceptors (Lipinski definition) is 6. The summed E-state index contributed by atoms with van der Waals surface area (Å²) in [5, 5.41) is 13.4. The van der Waals surface area contributed by atoms with Crippen LogP contribution in [0, 0.1) is 10.1 Å². The van der Waals surface area contributed by atoms with Crippen LogP contribution in [0.3, 0.4) is 0 Å². The highest BCUT2D eigenvalue weighted by atomic mass is 16.6. The van der Waals surface area contributed by atoms with Gasteiger partial charge in [0.25, 0.3) is 5.91 Å². The summed E-state index contributed by atoms with van der Waals surface area (Å²) in [7, 11) is 0. The van der Waals surface area contributed by atoms with Gasteiger partial charge in [0, 0.05) is 0 Å². The minimum absolute atomic E-state index is 0.116. The summed E-state index contributed by atoms with van der Waals surface area (Å²) in [6.07, 6.45) is 0. The molecule has 0 saturated heterocycles. The average molecular weight is 348 g/mol. The standard InChI is InChI=1S/C17H20N2O6/c1-4-23-13-7-6-12(10-15(13)24-5-2)11(3)18-17(20)14-8-9-16(25-14)19(21)22/h6-11H,4-5H2,1-3H3,(H,18,20). The molecule has 1 atom stereocenters. The highest BCUT2D eigenvalue weighted by molar-refractivity contribution is 5.92. The molecule has 1 N–H and O–H groups in total. The fraction of sp³-hybridized carbons (Fsp3) is 0.353. The van der Waals surface area contributed by atoms with Crippen molar-refractivity contribution in [3.8, 4) is 11.5 Å². The van der Waals surface area contributed by atoms with Crippen molar-refractivity contribution in [1.29, 1.82) is 0 Å². The lowest BCUT2D eigenvalue weighted by Gasteiger charge is -2.17. The predicted octanol–water partition coefficient (Wildman–Crippen LogP) is 3.48. The monoisotopic (exact) mass is 348 g/mol. The van der Waals surface area contributed by atoms with E-state index < -0.39 is 16.7 Å². The van der Waals surface area contributed by atoms with Crippen LogP contribution < -0.4 is 14.8 Å². The summed E-state index contributed by atoms with van der Waals surface area (Å²) >= 11 is 0. The first kappa shape index (κ1) is 18.3. The maximum Gasteiger partial charge on any atom is 0.433 e. The Morgan fingerprint density at radius 1 is 1.20 bits per heavy atom. The zero-order valence-electron chi connectivity index (χ0n) is 14.3. The number of nitrogens with one attached hydrogen (secondary N) is 1. The van der Waals surface area contributed by atoms with Crippen molar-refractivity contribution in [2.75, 3.05) is 13.2 Å². The first-order chi connectivity index (χ1) is 12.0. The molecule has 0 aliphatic carbocycles. The van der Waals surface area contributed by atoms with Gasteiger partial charge < -0.3 is 19.2 Å². The maximum atomic E-state index is 12.2. The Morgan fingerprint density at radius 3 is 2.48 bits per heavy atom.